The molecule has 7 heteroatoms. The summed E-state index contributed by atoms with van der Waals surface area (Å²) in [6, 6.07) is 0.270. The summed E-state index contributed by atoms with van der Waals surface area (Å²) in [5.41, 5.74) is -0.151. The fraction of sp³-hybridized carbons (Fsp3) is 0.462. The Hall–Kier alpha value is -1.73. The molecule has 1 N–H and O–H groups in total. The zero-order valence-corrected chi connectivity index (χ0v) is 12.2. The molecule has 2 unspecified atom stereocenters. The van der Waals surface area contributed by atoms with Crippen LogP contribution in [0.2, 0.25) is 0 Å². The number of nitrogens with zero attached hydrogens (tertiary/aromatic N) is 3. The number of fused-ring (bicyclic) bond motifs is 1. The van der Waals surface area contributed by atoms with Crippen molar-refractivity contribution in [2.45, 2.75) is 25.9 Å². The highest BCUT2D eigenvalue weighted by molar-refractivity contribution is 7.15. The molecule has 2 atom stereocenters. The van der Waals surface area contributed by atoms with E-state index < -0.39 is 0 Å². The SMILES string of the molecule is CC1NCCN(C(=O)c2cnc3sccn3c2=O)C1C. The summed E-state index contributed by atoms with van der Waals surface area (Å²) in [4.78, 5) is 31.5. The molecule has 0 aromatic carbocycles. The fourth-order valence-corrected chi connectivity index (χ4v) is 3.14. The van der Waals surface area contributed by atoms with Gasteiger partial charge in [0.2, 0.25) is 0 Å². The summed E-state index contributed by atoms with van der Waals surface area (Å²) in [5.74, 6) is -0.232. The van der Waals surface area contributed by atoms with E-state index in [-0.39, 0.29) is 29.1 Å². The first kappa shape index (κ1) is 13.3. The molecule has 1 aliphatic heterocycles. The van der Waals surface area contributed by atoms with Gasteiger partial charge < -0.3 is 10.2 Å². The second-order valence-corrected chi connectivity index (χ2v) is 5.89. The molecule has 0 saturated carbocycles. The maximum Gasteiger partial charge on any atom is 0.271 e. The molecule has 3 rings (SSSR count). The minimum Gasteiger partial charge on any atom is -0.333 e. The van der Waals surface area contributed by atoms with Crippen molar-refractivity contribution >= 4 is 22.2 Å². The van der Waals surface area contributed by atoms with E-state index in [4.69, 9.17) is 0 Å². The number of amides is 1. The lowest BCUT2D eigenvalue weighted by Gasteiger charge is -2.38. The lowest BCUT2D eigenvalue weighted by molar-refractivity contribution is 0.0600. The van der Waals surface area contributed by atoms with E-state index in [1.54, 1.807) is 16.5 Å². The quantitative estimate of drug-likeness (QED) is 0.835. The van der Waals surface area contributed by atoms with Gasteiger partial charge in [-0.05, 0) is 13.8 Å². The number of nitrogens with one attached hydrogen (secondary N) is 1. The van der Waals surface area contributed by atoms with Crippen LogP contribution < -0.4 is 10.9 Å². The van der Waals surface area contributed by atoms with Crippen LogP contribution in [0.3, 0.4) is 0 Å². The lowest BCUT2D eigenvalue weighted by Crippen LogP contribution is -2.57. The molecule has 106 valence electrons. The van der Waals surface area contributed by atoms with Crippen molar-refractivity contribution in [3.63, 3.8) is 0 Å². The molecular weight excluding hydrogens is 276 g/mol. The summed E-state index contributed by atoms with van der Waals surface area (Å²) >= 11 is 1.38. The van der Waals surface area contributed by atoms with E-state index in [0.29, 0.717) is 11.5 Å². The number of hydrogen-bond acceptors (Lipinski definition) is 5. The van der Waals surface area contributed by atoms with Gasteiger partial charge in [0.15, 0.2) is 4.96 Å². The topological polar surface area (TPSA) is 66.7 Å². The van der Waals surface area contributed by atoms with Crippen molar-refractivity contribution in [2.24, 2.45) is 0 Å². The van der Waals surface area contributed by atoms with Crippen LogP contribution >= 0.6 is 11.3 Å². The molecule has 3 heterocycles. The van der Waals surface area contributed by atoms with Crippen LogP contribution in [0.25, 0.3) is 4.96 Å². The summed E-state index contributed by atoms with van der Waals surface area (Å²) < 4.78 is 1.42. The summed E-state index contributed by atoms with van der Waals surface area (Å²) in [6.45, 7) is 5.38. The van der Waals surface area contributed by atoms with Gasteiger partial charge in [-0.15, -0.1) is 11.3 Å². The Labute approximate surface area is 120 Å². The van der Waals surface area contributed by atoms with Crippen molar-refractivity contribution in [1.82, 2.24) is 19.6 Å². The average molecular weight is 292 g/mol. The second kappa shape index (κ2) is 4.99. The molecule has 0 spiro atoms. The Balaban J connectivity index is 2.00. The van der Waals surface area contributed by atoms with E-state index in [1.165, 1.54) is 21.9 Å². The average Bonchev–Trinajstić information content (AvgIpc) is 2.91. The highest BCUT2D eigenvalue weighted by atomic mass is 32.1. The predicted molar refractivity (Wildman–Crippen MR) is 77.3 cm³/mol. The van der Waals surface area contributed by atoms with Crippen LogP contribution in [0, 0.1) is 0 Å². The first-order chi connectivity index (χ1) is 9.59. The molecule has 0 radical (unpaired) electrons. The van der Waals surface area contributed by atoms with Gasteiger partial charge in [0.25, 0.3) is 11.5 Å². The molecule has 1 saturated heterocycles. The molecule has 0 aliphatic carbocycles. The maximum atomic E-state index is 12.6. The summed E-state index contributed by atoms with van der Waals surface area (Å²) in [6.07, 6.45) is 3.05. The smallest absolute Gasteiger partial charge is 0.271 e. The molecule has 6 nitrogen and oxygen atoms in total. The molecule has 2 aromatic heterocycles. The molecule has 20 heavy (non-hydrogen) atoms. The predicted octanol–water partition coefficient (Wildman–Crippen LogP) is 0.578. The Morgan fingerprint density at radius 1 is 1.50 bits per heavy atom. The maximum absolute atomic E-state index is 12.6. The Morgan fingerprint density at radius 2 is 2.30 bits per heavy atom. The van der Waals surface area contributed by atoms with Crippen LogP contribution in [0.5, 0.6) is 0 Å². The van der Waals surface area contributed by atoms with Crippen LogP contribution in [0.4, 0.5) is 0 Å². The standard InChI is InChI=1S/C13H16N4O2S/c1-8-9(2)16(4-3-14-8)11(18)10-7-15-13-17(12(10)19)5-6-20-13/h5-9,14H,3-4H2,1-2H3. The highest BCUT2D eigenvalue weighted by Gasteiger charge is 2.30. The van der Waals surface area contributed by atoms with Crippen molar-refractivity contribution < 1.29 is 4.79 Å². The van der Waals surface area contributed by atoms with E-state index in [2.05, 4.69) is 10.3 Å². The molecule has 1 fully saturated rings. The van der Waals surface area contributed by atoms with Crippen molar-refractivity contribution in [3.05, 3.63) is 33.7 Å². The Kier molecular flexibility index (Phi) is 3.31. The van der Waals surface area contributed by atoms with E-state index in [0.717, 1.165) is 6.54 Å². The zero-order chi connectivity index (χ0) is 14.3. The van der Waals surface area contributed by atoms with Crippen LogP contribution in [0.15, 0.2) is 22.6 Å². The van der Waals surface area contributed by atoms with Gasteiger partial charge in [0, 0.05) is 42.9 Å². The molecule has 0 bridgehead atoms. The Bertz CT molecular complexity index is 708. The van der Waals surface area contributed by atoms with E-state index in [1.807, 2.05) is 13.8 Å². The third-order valence-corrected chi connectivity index (χ3v) is 4.64. The third kappa shape index (κ3) is 2.03. The number of carbonyl (C=O) groups is 1. The second-order valence-electron chi connectivity index (χ2n) is 5.01. The monoisotopic (exact) mass is 292 g/mol. The zero-order valence-electron chi connectivity index (χ0n) is 11.4. The van der Waals surface area contributed by atoms with Gasteiger partial charge in [-0.3, -0.25) is 14.0 Å². The first-order valence-electron chi connectivity index (χ1n) is 6.59. The number of carbonyl (C=O) groups excluding carboxylic acids is 1. The van der Waals surface area contributed by atoms with Gasteiger partial charge in [0.05, 0.1) is 0 Å². The lowest BCUT2D eigenvalue weighted by atomic mass is 10.1. The highest BCUT2D eigenvalue weighted by Crippen LogP contribution is 2.13. The van der Waals surface area contributed by atoms with Gasteiger partial charge >= 0.3 is 0 Å². The molecule has 1 aliphatic rings. The van der Waals surface area contributed by atoms with Gasteiger partial charge in [-0.25, -0.2) is 4.98 Å². The largest absolute Gasteiger partial charge is 0.333 e. The number of piperazine rings is 1. The van der Waals surface area contributed by atoms with Crippen LogP contribution in [-0.2, 0) is 0 Å². The molecular formula is C13H16N4O2S. The number of rotatable bonds is 1. The molecule has 2 aromatic rings. The van der Waals surface area contributed by atoms with Crippen molar-refractivity contribution in [3.8, 4) is 0 Å². The third-order valence-electron chi connectivity index (χ3n) is 3.87. The van der Waals surface area contributed by atoms with E-state index >= 15 is 0 Å². The van der Waals surface area contributed by atoms with Crippen molar-refractivity contribution in [2.75, 3.05) is 13.1 Å². The number of hydrogen-bond donors (Lipinski definition) is 1. The normalized spacial score (nSPS) is 23.2. The Morgan fingerprint density at radius 3 is 3.10 bits per heavy atom. The summed E-state index contributed by atoms with van der Waals surface area (Å²) in [7, 11) is 0. The summed E-state index contributed by atoms with van der Waals surface area (Å²) in [5, 5.41) is 5.10. The van der Waals surface area contributed by atoms with Crippen LogP contribution in [0.1, 0.15) is 24.2 Å². The number of thiazole rings is 1. The van der Waals surface area contributed by atoms with Gasteiger partial charge in [0.1, 0.15) is 5.56 Å². The molecule has 1 amide bonds. The van der Waals surface area contributed by atoms with E-state index in [9.17, 15) is 9.59 Å². The van der Waals surface area contributed by atoms with Gasteiger partial charge in [-0.1, -0.05) is 0 Å². The van der Waals surface area contributed by atoms with Gasteiger partial charge in [-0.2, -0.15) is 0 Å². The number of aromatic nitrogens is 2. The van der Waals surface area contributed by atoms with Crippen LogP contribution in [-0.4, -0.2) is 45.4 Å². The first-order valence-corrected chi connectivity index (χ1v) is 7.47. The minimum atomic E-state index is -0.292. The minimum absolute atomic E-state index is 0.0545. The van der Waals surface area contributed by atoms with Crippen molar-refractivity contribution in [1.29, 1.82) is 0 Å². The fourth-order valence-electron chi connectivity index (χ4n) is 2.47.